The molecule has 0 aliphatic heterocycles. The summed E-state index contributed by atoms with van der Waals surface area (Å²) >= 11 is 0. The molecule has 2 N–H and O–H groups in total. The second-order valence-electron chi connectivity index (χ2n) is 5.92. The van der Waals surface area contributed by atoms with E-state index >= 15 is 0 Å². The fourth-order valence-electron chi connectivity index (χ4n) is 2.36. The van der Waals surface area contributed by atoms with Crippen LogP contribution in [0.5, 0.6) is 5.75 Å². The largest absolute Gasteiger partial charge is 0.471 e. The van der Waals surface area contributed by atoms with E-state index in [-0.39, 0.29) is 6.03 Å². The minimum Gasteiger partial charge on any atom is -0.471 e. The molecule has 4 heteroatoms. The minimum atomic E-state index is -0.431. The Morgan fingerprint density at radius 3 is 2.48 bits per heavy atom. The van der Waals surface area contributed by atoms with Gasteiger partial charge in [-0.25, -0.2) is 4.79 Å². The van der Waals surface area contributed by atoms with Gasteiger partial charge < -0.3 is 15.4 Å². The molecule has 0 heterocycles. The van der Waals surface area contributed by atoms with Gasteiger partial charge in [0.05, 0.1) is 0 Å². The third-order valence-electron chi connectivity index (χ3n) is 3.46. The van der Waals surface area contributed by atoms with E-state index in [9.17, 15) is 4.79 Å². The number of hydrogen-bond acceptors (Lipinski definition) is 2. The summed E-state index contributed by atoms with van der Waals surface area (Å²) in [6.07, 6.45) is -0.431. The van der Waals surface area contributed by atoms with E-state index in [1.165, 1.54) is 0 Å². The van der Waals surface area contributed by atoms with Gasteiger partial charge in [-0.15, -0.1) is 0 Å². The van der Waals surface area contributed by atoms with Gasteiger partial charge in [0.25, 0.3) is 0 Å². The first-order valence-corrected chi connectivity index (χ1v) is 7.85. The highest BCUT2D eigenvalue weighted by atomic mass is 16.5. The van der Waals surface area contributed by atoms with E-state index in [0.29, 0.717) is 5.92 Å². The molecule has 1 atom stereocenters. The number of anilines is 1. The average Bonchev–Trinajstić information content (AvgIpc) is 2.47. The molecule has 0 aliphatic carbocycles. The molecule has 122 valence electrons. The lowest BCUT2D eigenvalue weighted by molar-refractivity contribution is 0.181. The van der Waals surface area contributed by atoms with Crippen molar-refractivity contribution in [2.45, 2.75) is 39.8 Å². The second kappa shape index (κ2) is 7.68. The van der Waals surface area contributed by atoms with Crippen molar-refractivity contribution < 1.29 is 9.53 Å². The number of aryl methyl sites for hydroxylation is 1. The summed E-state index contributed by atoms with van der Waals surface area (Å²) in [6.45, 7) is 8.03. The number of para-hydroxylation sites is 1. The molecule has 23 heavy (non-hydrogen) atoms. The standard InChI is InChI=1S/C19H24N2O2/c1-13(2)17-10-5-6-11-18(17)23-15(4)20-19(22)21-16-9-7-8-14(3)12-16/h5-13,15H,1-4H3,(H2,20,21,22). The predicted molar refractivity (Wildman–Crippen MR) is 94.0 cm³/mol. The molecule has 2 aromatic rings. The number of benzene rings is 2. The van der Waals surface area contributed by atoms with E-state index < -0.39 is 6.23 Å². The van der Waals surface area contributed by atoms with Crippen LogP contribution in [0.25, 0.3) is 0 Å². The monoisotopic (exact) mass is 312 g/mol. The quantitative estimate of drug-likeness (QED) is 0.789. The maximum Gasteiger partial charge on any atom is 0.322 e. The van der Waals surface area contributed by atoms with E-state index in [2.05, 4.69) is 24.5 Å². The third kappa shape index (κ3) is 5.02. The van der Waals surface area contributed by atoms with Crippen LogP contribution in [0.3, 0.4) is 0 Å². The smallest absolute Gasteiger partial charge is 0.322 e. The van der Waals surface area contributed by atoms with Gasteiger partial charge in [-0.3, -0.25) is 0 Å². The van der Waals surface area contributed by atoms with Gasteiger partial charge in [-0.2, -0.15) is 0 Å². The summed E-state index contributed by atoms with van der Waals surface area (Å²) in [4.78, 5) is 12.0. The van der Waals surface area contributed by atoms with Crippen LogP contribution in [0.2, 0.25) is 0 Å². The molecule has 1 unspecified atom stereocenters. The van der Waals surface area contributed by atoms with Gasteiger partial charge in [0.15, 0.2) is 6.23 Å². The van der Waals surface area contributed by atoms with Crippen molar-refractivity contribution in [3.05, 3.63) is 59.7 Å². The summed E-state index contributed by atoms with van der Waals surface area (Å²) in [7, 11) is 0. The molecule has 4 nitrogen and oxygen atoms in total. The van der Waals surface area contributed by atoms with E-state index in [1.54, 1.807) is 0 Å². The van der Waals surface area contributed by atoms with E-state index in [1.807, 2.05) is 62.4 Å². The molecule has 0 aromatic heterocycles. The molecule has 0 fully saturated rings. The number of carbonyl (C=O) groups excluding carboxylic acids is 1. The van der Waals surface area contributed by atoms with Crippen LogP contribution in [-0.2, 0) is 0 Å². The summed E-state index contributed by atoms with van der Waals surface area (Å²) in [6, 6.07) is 15.3. The minimum absolute atomic E-state index is 0.287. The first kappa shape index (κ1) is 16.9. The number of nitrogens with one attached hydrogen (secondary N) is 2. The maximum atomic E-state index is 12.0. The Labute approximate surface area is 137 Å². The zero-order chi connectivity index (χ0) is 16.8. The number of ether oxygens (including phenoxy) is 1. The molecule has 0 aliphatic rings. The Morgan fingerprint density at radius 2 is 1.78 bits per heavy atom. The molecule has 0 spiro atoms. The van der Waals surface area contributed by atoms with Crippen molar-refractivity contribution in [2.24, 2.45) is 0 Å². The van der Waals surface area contributed by atoms with Crippen molar-refractivity contribution in [1.29, 1.82) is 0 Å². The fraction of sp³-hybridized carbons (Fsp3) is 0.316. The molecular formula is C19H24N2O2. The van der Waals surface area contributed by atoms with Crippen LogP contribution in [0.4, 0.5) is 10.5 Å². The number of urea groups is 1. The molecule has 0 saturated heterocycles. The summed E-state index contributed by atoms with van der Waals surface area (Å²) in [5.74, 6) is 1.16. The van der Waals surface area contributed by atoms with Crippen molar-refractivity contribution in [3.63, 3.8) is 0 Å². The molecule has 2 amide bonds. The van der Waals surface area contributed by atoms with Gasteiger partial charge in [0, 0.05) is 5.69 Å². The third-order valence-corrected chi connectivity index (χ3v) is 3.46. The zero-order valence-corrected chi connectivity index (χ0v) is 14.1. The second-order valence-corrected chi connectivity index (χ2v) is 5.92. The highest BCUT2D eigenvalue weighted by molar-refractivity contribution is 5.89. The highest BCUT2D eigenvalue weighted by Crippen LogP contribution is 2.26. The Kier molecular flexibility index (Phi) is 5.63. The van der Waals surface area contributed by atoms with E-state index in [0.717, 1.165) is 22.6 Å². The van der Waals surface area contributed by atoms with Crippen molar-refractivity contribution in [1.82, 2.24) is 5.32 Å². The average molecular weight is 312 g/mol. The van der Waals surface area contributed by atoms with Crippen LogP contribution in [0.1, 0.15) is 37.8 Å². The Hall–Kier alpha value is -2.49. The van der Waals surface area contributed by atoms with E-state index in [4.69, 9.17) is 4.74 Å². The van der Waals surface area contributed by atoms with Crippen LogP contribution < -0.4 is 15.4 Å². The lowest BCUT2D eigenvalue weighted by atomic mass is 10.0. The number of carbonyl (C=O) groups is 1. The Morgan fingerprint density at radius 1 is 1.04 bits per heavy atom. The molecule has 2 aromatic carbocycles. The van der Waals surface area contributed by atoms with Crippen molar-refractivity contribution in [2.75, 3.05) is 5.32 Å². The van der Waals surface area contributed by atoms with Gasteiger partial charge in [-0.05, 0) is 49.1 Å². The van der Waals surface area contributed by atoms with Crippen molar-refractivity contribution >= 4 is 11.7 Å². The summed E-state index contributed by atoms with van der Waals surface area (Å²) in [5.41, 5.74) is 2.98. The Bertz CT molecular complexity index is 668. The Balaban J connectivity index is 1.94. The number of amides is 2. The first-order valence-electron chi connectivity index (χ1n) is 7.85. The van der Waals surface area contributed by atoms with Crippen molar-refractivity contribution in [3.8, 4) is 5.75 Å². The van der Waals surface area contributed by atoms with Gasteiger partial charge in [0.2, 0.25) is 0 Å². The molecule has 2 rings (SSSR count). The summed E-state index contributed by atoms with van der Waals surface area (Å²) < 4.78 is 5.87. The van der Waals surface area contributed by atoms with Gasteiger partial charge >= 0.3 is 6.03 Å². The first-order chi connectivity index (χ1) is 11.0. The zero-order valence-electron chi connectivity index (χ0n) is 14.1. The molecule has 0 bridgehead atoms. The van der Waals surface area contributed by atoms with Gasteiger partial charge in [0.1, 0.15) is 5.75 Å². The lowest BCUT2D eigenvalue weighted by Crippen LogP contribution is -2.39. The van der Waals surface area contributed by atoms with Crippen LogP contribution in [-0.4, -0.2) is 12.3 Å². The topological polar surface area (TPSA) is 50.4 Å². The van der Waals surface area contributed by atoms with Crippen LogP contribution in [0, 0.1) is 6.92 Å². The van der Waals surface area contributed by atoms with Crippen LogP contribution >= 0.6 is 0 Å². The molecule has 0 radical (unpaired) electrons. The number of hydrogen-bond donors (Lipinski definition) is 2. The fourth-order valence-corrected chi connectivity index (χ4v) is 2.36. The molecule has 0 saturated carbocycles. The maximum absolute atomic E-state index is 12.0. The summed E-state index contributed by atoms with van der Waals surface area (Å²) in [5, 5.41) is 5.60. The number of rotatable bonds is 5. The van der Waals surface area contributed by atoms with Crippen LogP contribution in [0.15, 0.2) is 48.5 Å². The highest BCUT2D eigenvalue weighted by Gasteiger charge is 2.12. The SMILES string of the molecule is Cc1cccc(NC(=O)NC(C)Oc2ccccc2C(C)C)c1. The normalized spacial score (nSPS) is 11.9. The lowest BCUT2D eigenvalue weighted by Gasteiger charge is -2.20. The predicted octanol–water partition coefficient (Wildman–Crippen LogP) is 4.66. The molecular weight excluding hydrogens is 288 g/mol. The van der Waals surface area contributed by atoms with Gasteiger partial charge in [-0.1, -0.05) is 44.2 Å².